The summed E-state index contributed by atoms with van der Waals surface area (Å²) in [6.45, 7) is 2.12. The summed E-state index contributed by atoms with van der Waals surface area (Å²) in [6, 6.07) is 10.5. The molecule has 1 saturated heterocycles. The summed E-state index contributed by atoms with van der Waals surface area (Å²) in [5, 5.41) is 0. The molecule has 2 amide bonds. The minimum absolute atomic E-state index is 0.144. The van der Waals surface area contributed by atoms with E-state index in [1.54, 1.807) is 18.2 Å². The van der Waals surface area contributed by atoms with Gasteiger partial charge < -0.3 is 9.32 Å². The standard InChI is InChI=1S/C17H19N3O3/c21-16(18-19-17(22)15-5-4-12-23-15)13-6-8-14(9-7-13)20-10-2-1-3-11-20/h4-9,12H,1-3,10-11H2,(H,18,21)(H,19,22). The van der Waals surface area contributed by atoms with Crippen LogP contribution in [0.2, 0.25) is 0 Å². The van der Waals surface area contributed by atoms with E-state index in [0.717, 1.165) is 18.8 Å². The van der Waals surface area contributed by atoms with E-state index < -0.39 is 5.91 Å². The summed E-state index contributed by atoms with van der Waals surface area (Å²) in [6.07, 6.45) is 5.10. The number of piperidine rings is 1. The van der Waals surface area contributed by atoms with E-state index in [1.807, 2.05) is 12.1 Å². The van der Waals surface area contributed by atoms with Gasteiger partial charge in [0, 0.05) is 24.3 Å². The number of nitrogens with zero attached hydrogens (tertiary/aromatic N) is 1. The second-order valence-corrected chi connectivity index (χ2v) is 5.48. The van der Waals surface area contributed by atoms with Gasteiger partial charge in [-0.05, 0) is 55.7 Å². The summed E-state index contributed by atoms with van der Waals surface area (Å²) >= 11 is 0. The zero-order valence-electron chi connectivity index (χ0n) is 12.7. The Labute approximate surface area is 134 Å². The van der Waals surface area contributed by atoms with E-state index in [4.69, 9.17) is 4.42 Å². The molecule has 0 atom stereocenters. The average Bonchev–Trinajstić information content (AvgIpc) is 3.15. The summed E-state index contributed by atoms with van der Waals surface area (Å²) in [5.41, 5.74) is 6.31. The van der Waals surface area contributed by atoms with Crippen molar-refractivity contribution in [1.29, 1.82) is 0 Å². The Morgan fingerprint density at radius 2 is 1.61 bits per heavy atom. The summed E-state index contributed by atoms with van der Waals surface area (Å²) in [4.78, 5) is 26.0. The Morgan fingerprint density at radius 3 is 2.26 bits per heavy atom. The summed E-state index contributed by atoms with van der Waals surface area (Å²) in [7, 11) is 0. The number of carbonyl (C=O) groups is 2. The van der Waals surface area contributed by atoms with Gasteiger partial charge in [0.25, 0.3) is 5.91 Å². The van der Waals surface area contributed by atoms with Gasteiger partial charge in [0.05, 0.1) is 6.26 Å². The third-order valence-corrected chi connectivity index (χ3v) is 3.89. The minimum Gasteiger partial charge on any atom is -0.459 e. The zero-order chi connectivity index (χ0) is 16.1. The van der Waals surface area contributed by atoms with Gasteiger partial charge in [-0.3, -0.25) is 20.4 Å². The lowest BCUT2D eigenvalue weighted by Crippen LogP contribution is -2.41. The fourth-order valence-electron chi connectivity index (χ4n) is 2.63. The number of benzene rings is 1. The van der Waals surface area contributed by atoms with Crippen molar-refractivity contribution in [3.05, 3.63) is 54.0 Å². The number of anilines is 1. The number of nitrogens with one attached hydrogen (secondary N) is 2. The van der Waals surface area contributed by atoms with E-state index >= 15 is 0 Å². The maximum atomic E-state index is 12.0. The van der Waals surface area contributed by atoms with Crippen molar-refractivity contribution in [3.63, 3.8) is 0 Å². The number of hydrazine groups is 1. The molecule has 1 aromatic carbocycles. The van der Waals surface area contributed by atoms with Crippen molar-refractivity contribution in [2.75, 3.05) is 18.0 Å². The number of carbonyl (C=O) groups excluding carboxylic acids is 2. The summed E-state index contributed by atoms with van der Waals surface area (Å²) in [5.74, 6) is -0.714. The number of hydrogen-bond acceptors (Lipinski definition) is 4. The van der Waals surface area contributed by atoms with Gasteiger partial charge in [0.1, 0.15) is 0 Å². The quantitative estimate of drug-likeness (QED) is 0.853. The Bertz CT molecular complexity index is 659. The fourth-order valence-corrected chi connectivity index (χ4v) is 2.63. The van der Waals surface area contributed by atoms with Gasteiger partial charge in [-0.2, -0.15) is 0 Å². The van der Waals surface area contributed by atoms with Gasteiger partial charge in [-0.1, -0.05) is 0 Å². The number of hydrogen-bond donors (Lipinski definition) is 2. The van der Waals surface area contributed by atoms with Crippen molar-refractivity contribution >= 4 is 17.5 Å². The fraction of sp³-hybridized carbons (Fsp3) is 0.294. The van der Waals surface area contributed by atoms with Crippen LogP contribution in [0.15, 0.2) is 47.1 Å². The molecule has 0 radical (unpaired) electrons. The maximum absolute atomic E-state index is 12.0. The van der Waals surface area contributed by atoms with Crippen molar-refractivity contribution in [3.8, 4) is 0 Å². The molecule has 3 rings (SSSR count). The third kappa shape index (κ3) is 3.71. The van der Waals surface area contributed by atoms with Gasteiger partial charge in [-0.15, -0.1) is 0 Å². The first-order chi connectivity index (χ1) is 11.2. The molecule has 0 aliphatic carbocycles. The number of rotatable bonds is 3. The highest BCUT2D eigenvalue weighted by molar-refractivity contribution is 5.98. The van der Waals surface area contributed by atoms with Crippen LogP contribution in [-0.4, -0.2) is 24.9 Å². The Morgan fingerprint density at radius 1 is 0.913 bits per heavy atom. The molecular formula is C17H19N3O3. The van der Waals surface area contributed by atoms with Crippen molar-refractivity contribution in [2.24, 2.45) is 0 Å². The molecule has 1 aliphatic heterocycles. The van der Waals surface area contributed by atoms with Crippen LogP contribution in [0.1, 0.15) is 40.2 Å². The molecule has 0 bridgehead atoms. The molecule has 0 unspecified atom stereocenters. The Kier molecular flexibility index (Phi) is 4.61. The normalized spacial score (nSPS) is 14.3. The van der Waals surface area contributed by atoms with Crippen LogP contribution in [0.25, 0.3) is 0 Å². The van der Waals surface area contributed by atoms with E-state index in [9.17, 15) is 9.59 Å². The van der Waals surface area contributed by atoms with Crippen LogP contribution in [0.3, 0.4) is 0 Å². The molecule has 1 aliphatic rings. The van der Waals surface area contributed by atoms with Crippen LogP contribution in [-0.2, 0) is 0 Å². The van der Waals surface area contributed by atoms with Crippen LogP contribution >= 0.6 is 0 Å². The molecule has 120 valence electrons. The molecule has 0 saturated carbocycles. The van der Waals surface area contributed by atoms with Crippen LogP contribution in [0.4, 0.5) is 5.69 Å². The van der Waals surface area contributed by atoms with Gasteiger partial charge >= 0.3 is 5.91 Å². The average molecular weight is 313 g/mol. The molecule has 6 nitrogen and oxygen atoms in total. The van der Waals surface area contributed by atoms with Gasteiger partial charge in [-0.25, -0.2) is 0 Å². The van der Waals surface area contributed by atoms with Crippen LogP contribution < -0.4 is 15.8 Å². The van der Waals surface area contributed by atoms with E-state index in [-0.39, 0.29) is 11.7 Å². The van der Waals surface area contributed by atoms with E-state index in [0.29, 0.717) is 5.56 Å². The zero-order valence-corrected chi connectivity index (χ0v) is 12.7. The lowest BCUT2D eigenvalue weighted by atomic mass is 10.1. The SMILES string of the molecule is O=C(NNC(=O)c1ccco1)c1ccc(N2CCCCC2)cc1. The first kappa shape index (κ1) is 15.1. The first-order valence-corrected chi connectivity index (χ1v) is 7.73. The maximum Gasteiger partial charge on any atom is 0.305 e. The van der Waals surface area contributed by atoms with Crippen LogP contribution in [0.5, 0.6) is 0 Å². The molecular weight excluding hydrogens is 294 g/mol. The van der Waals surface area contributed by atoms with E-state index in [2.05, 4.69) is 15.8 Å². The molecule has 0 spiro atoms. The topological polar surface area (TPSA) is 74.6 Å². The largest absolute Gasteiger partial charge is 0.459 e. The molecule has 6 heteroatoms. The molecule has 1 aromatic heterocycles. The highest BCUT2D eigenvalue weighted by Gasteiger charge is 2.13. The minimum atomic E-state index is -0.492. The third-order valence-electron chi connectivity index (χ3n) is 3.89. The lowest BCUT2D eigenvalue weighted by Gasteiger charge is -2.28. The molecule has 2 N–H and O–H groups in total. The van der Waals surface area contributed by atoms with Crippen molar-refractivity contribution < 1.29 is 14.0 Å². The molecule has 2 aromatic rings. The van der Waals surface area contributed by atoms with Crippen molar-refractivity contribution in [2.45, 2.75) is 19.3 Å². The molecule has 1 fully saturated rings. The van der Waals surface area contributed by atoms with Crippen LogP contribution in [0, 0.1) is 0 Å². The molecule has 23 heavy (non-hydrogen) atoms. The monoisotopic (exact) mass is 313 g/mol. The summed E-state index contributed by atoms with van der Waals surface area (Å²) < 4.78 is 4.95. The predicted molar refractivity (Wildman–Crippen MR) is 86.1 cm³/mol. The number of furan rings is 1. The molecule has 2 heterocycles. The van der Waals surface area contributed by atoms with Crippen molar-refractivity contribution in [1.82, 2.24) is 10.9 Å². The van der Waals surface area contributed by atoms with E-state index in [1.165, 1.54) is 31.6 Å². The second-order valence-electron chi connectivity index (χ2n) is 5.48. The predicted octanol–water partition coefficient (Wildman–Crippen LogP) is 2.34. The Hall–Kier alpha value is -2.76. The highest BCUT2D eigenvalue weighted by atomic mass is 16.3. The smallest absolute Gasteiger partial charge is 0.305 e. The second kappa shape index (κ2) is 7.00. The lowest BCUT2D eigenvalue weighted by molar-refractivity contribution is 0.0831. The first-order valence-electron chi connectivity index (χ1n) is 7.73. The van der Waals surface area contributed by atoms with Gasteiger partial charge in [0.2, 0.25) is 0 Å². The number of amides is 2. The highest BCUT2D eigenvalue weighted by Crippen LogP contribution is 2.20. The Balaban J connectivity index is 1.56. The van der Waals surface area contributed by atoms with Gasteiger partial charge in [0.15, 0.2) is 5.76 Å².